The van der Waals surface area contributed by atoms with Crippen LogP contribution in [0.3, 0.4) is 0 Å². The number of rotatable bonds is 7. The molecule has 8 nitrogen and oxygen atoms in total. The molecule has 0 fully saturated rings. The average Bonchev–Trinajstić information content (AvgIpc) is 2.75. The fourth-order valence-corrected chi connectivity index (χ4v) is 2.91. The smallest absolute Gasteiger partial charge is 0.407 e. The van der Waals surface area contributed by atoms with Crippen LogP contribution in [-0.4, -0.2) is 49.9 Å². The number of nitrogens with one attached hydrogen (secondary N) is 2. The van der Waals surface area contributed by atoms with Crippen LogP contribution in [0.4, 0.5) is 4.79 Å². The zero-order valence-corrected chi connectivity index (χ0v) is 19.2. The minimum Gasteiger partial charge on any atom is -0.497 e. The lowest BCUT2D eigenvalue weighted by Gasteiger charge is -2.26. The Bertz CT molecular complexity index is 932. The molecular weight excluding hydrogens is 412 g/mol. The normalized spacial score (nSPS) is 12.8. The van der Waals surface area contributed by atoms with E-state index < -0.39 is 35.7 Å². The monoisotopic (exact) mass is 442 g/mol. The van der Waals surface area contributed by atoms with E-state index in [0.29, 0.717) is 5.56 Å². The van der Waals surface area contributed by atoms with Gasteiger partial charge in [-0.05, 0) is 63.1 Å². The van der Waals surface area contributed by atoms with Gasteiger partial charge in [-0.2, -0.15) is 0 Å². The highest BCUT2D eigenvalue weighted by molar-refractivity contribution is 5.97. The lowest BCUT2D eigenvalue weighted by molar-refractivity contribution is -0.143. The van der Waals surface area contributed by atoms with Crippen molar-refractivity contribution in [2.24, 2.45) is 0 Å². The molecule has 0 saturated heterocycles. The van der Waals surface area contributed by atoms with Gasteiger partial charge in [-0.25, -0.2) is 9.59 Å². The standard InChI is InChI=1S/C24H30N2O6/c1-15(25-23(29)32-24(2,3)4)20(22(28)31-6)26-21(27)18-9-7-16(8-10-18)17-11-13-19(30-5)14-12-17/h7-15,20H,1-6H3,(H,25,29)(H,26,27)/t15-,20+/m1/s1. The van der Waals surface area contributed by atoms with Crippen molar-refractivity contribution >= 4 is 18.0 Å². The lowest BCUT2D eigenvalue weighted by atomic mass is 10.0. The largest absolute Gasteiger partial charge is 0.497 e. The Balaban J connectivity index is 2.10. The van der Waals surface area contributed by atoms with E-state index in [1.54, 1.807) is 46.9 Å². The Kier molecular flexibility index (Phi) is 8.23. The van der Waals surface area contributed by atoms with Gasteiger partial charge >= 0.3 is 12.1 Å². The van der Waals surface area contributed by atoms with Crippen molar-refractivity contribution < 1.29 is 28.6 Å². The number of esters is 1. The van der Waals surface area contributed by atoms with Crippen molar-refractivity contribution in [3.8, 4) is 16.9 Å². The van der Waals surface area contributed by atoms with Gasteiger partial charge < -0.3 is 24.8 Å². The molecule has 172 valence electrons. The summed E-state index contributed by atoms with van der Waals surface area (Å²) in [6, 6.07) is 12.6. The highest BCUT2D eigenvalue weighted by Crippen LogP contribution is 2.22. The SMILES string of the molecule is COC(=O)[C@@H](NC(=O)c1ccc(-c2ccc(OC)cc2)cc1)[C@@H](C)NC(=O)OC(C)(C)C. The van der Waals surface area contributed by atoms with E-state index in [4.69, 9.17) is 14.2 Å². The van der Waals surface area contributed by atoms with Crippen LogP contribution in [0.25, 0.3) is 11.1 Å². The Hall–Kier alpha value is -3.55. The van der Waals surface area contributed by atoms with Crippen molar-refractivity contribution in [3.05, 3.63) is 54.1 Å². The second-order valence-corrected chi connectivity index (χ2v) is 8.22. The zero-order valence-electron chi connectivity index (χ0n) is 19.2. The number of amides is 2. The topological polar surface area (TPSA) is 103 Å². The third kappa shape index (κ3) is 7.01. The first-order chi connectivity index (χ1) is 15.0. The van der Waals surface area contributed by atoms with Crippen LogP contribution in [0.15, 0.2) is 48.5 Å². The first-order valence-electron chi connectivity index (χ1n) is 10.2. The molecule has 2 atom stereocenters. The van der Waals surface area contributed by atoms with Gasteiger partial charge in [0.05, 0.1) is 20.3 Å². The molecule has 8 heteroatoms. The molecular formula is C24H30N2O6. The summed E-state index contributed by atoms with van der Waals surface area (Å²) >= 11 is 0. The number of hydrogen-bond donors (Lipinski definition) is 2. The van der Waals surface area contributed by atoms with Crippen molar-refractivity contribution in [1.82, 2.24) is 10.6 Å². The first-order valence-corrected chi connectivity index (χ1v) is 10.2. The number of hydrogen-bond acceptors (Lipinski definition) is 6. The summed E-state index contributed by atoms with van der Waals surface area (Å²) in [7, 11) is 2.82. The van der Waals surface area contributed by atoms with Crippen LogP contribution >= 0.6 is 0 Å². The molecule has 2 aromatic carbocycles. The summed E-state index contributed by atoms with van der Waals surface area (Å²) in [6.07, 6.45) is -0.697. The number of carbonyl (C=O) groups is 3. The van der Waals surface area contributed by atoms with E-state index in [1.807, 2.05) is 36.4 Å². The van der Waals surface area contributed by atoms with E-state index in [9.17, 15) is 14.4 Å². The van der Waals surface area contributed by atoms with E-state index in [2.05, 4.69) is 10.6 Å². The molecule has 2 aromatic rings. The summed E-state index contributed by atoms with van der Waals surface area (Å²) in [5.74, 6) is -0.399. The maximum atomic E-state index is 12.7. The molecule has 2 rings (SSSR count). The Morgan fingerprint density at radius 3 is 1.84 bits per heavy atom. The molecule has 0 aromatic heterocycles. The molecule has 2 N–H and O–H groups in total. The molecule has 2 amide bonds. The van der Waals surface area contributed by atoms with Gasteiger partial charge in [0.1, 0.15) is 17.4 Å². The van der Waals surface area contributed by atoms with Crippen LogP contribution in [0.2, 0.25) is 0 Å². The lowest BCUT2D eigenvalue weighted by Crippen LogP contribution is -2.55. The number of ether oxygens (including phenoxy) is 3. The molecule has 0 aliphatic heterocycles. The summed E-state index contributed by atoms with van der Waals surface area (Å²) in [5, 5.41) is 5.19. The molecule has 0 unspecified atom stereocenters. The molecule has 0 spiro atoms. The second-order valence-electron chi connectivity index (χ2n) is 8.22. The minimum absolute atomic E-state index is 0.362. The quantitative estimate of drug-likeness (QED) is 0.636. The van der Waals surface area contributed by atoms with E-state index in [0.717, 1.165) is 16.9 Å². The van der Waals surface area contributed by atoms with Gasteiger partial charge in [-0.3, -0.25) is 4.79 Å². The third-order valence-electron chi connectivity index (χ3n) is 4.56. The van der Waals surface area contributed by atoms with Gasteiger partial charge in [0.25, 0.3) is 5.91 Å². The molecule has 0 heterocycles. The Labute approximate surface area is 188 Å². The van der Waals surface area contributed by atoms with Gasteiger partial charge in [-0.15, -0.1) is 0 Å². The number of methoxy groups -OCH3 is 2. The van der Waals surface area contributed by atoms with Crippen molar-refractivity contribution in [2.45, 2.75) is 45.4 Å². The highest BCUT2D eigenvalue weighted by Gasteiger charge is 2.30. The van der Waals surface area contributed by atoms with E-state index in [1.165, 1.54) is 7.11 Å². The first kappa shape index (κ1) is 24.7. The number of benzene rings is 2. The van der Waals surface area contributed by atoms with Gasteiger partial charge in [0.15, 0.2) is 0 Å². The average molecular weight is 443 g/mol. The molecule has 32 heavy (non-hydrogen) atoms. The van der Waals surface area contributed by atoms with Crippen LogP contribution in [-0.2, 0) is 14.3 Å². The number of carbonyl (C=O) groups excluding carboxylic acids is 3. The zero-order chi connectivity index (χ0) is 23.9. The van der Waals surface area contributed by atoms with E-state index in [-0.39, 0.29) is 0 Å². The van der Waals surface area contributed by atoms with Crippen LogP contribution in [0.5, 0.6) is 5.75 Å². The second kappa shape index (κ2) is 10.7. The molecule has 0 bridgehead atoms. The van der Waals surface area contributed by atoms with Crippen molar-refractivity contribution in [1.29, 1.82) is 0 Å². The number of alkyl carbamates (subject to hydrolysis) is 1. The Morgan fingerprint density at radius 1 is 0.844 bits per heavy atom. The van der Waals surface area contributed by atoms with Gasteiger partial charge in [-0.1, -0.05) is 24.3 Å². The minimum atomic E-state index is -1.10. The Morgan fingerprint density at radius 2 is 1.38 bits per heavy atom. The summed E-state index contributed by atoms with van der Waals surface area (Å²) in [4.78, 5) is 37.0. The summed E-state index contributed by atoms with van der Waals surface area (Å²) < 4.78 is 15.2. The highest BCUT2D eigenvalue weighted by atomic mass is 16.6. The van der Waals surface area contributed by atoms with Crippen LogP contribution in [0, 0.1) is 0 Å². The van der Waals surface area contributed by atoms with Gasteiger partial charge in [0, 0.05) is 5.56 Å². The fraction of sp³-hybridized carbons (Fsp3) is 0.375. The maximum Gasteiger partial charge on any atom is 0.407 e. The third-order valence-corrected chi connectivity index (χ3v) is 4.56. The maximum absolute atomic E-state index is 12.7. The predicted molar refractivity (Wildman–Crippen MR) is 121 cm³/mol. The van der Waals surface area contributed by atoms with Crippen molar-refractivity contribution in [2.75, 3.05) is 14.2 Å². The van der Waals surface area contributed by atoms with Crippen LogP contribution in [0.1, 0.15) is 38.1 Å². The molecule has 0 aliphatic rings. The summed E-state index contributed by atoms with van der Waals surface area (Å²) in [6.45, 7) is 6.77. The van der Waals surface area contributed by atoms with Crippen molar-refractivity contribution in [3.63, 3.8) is 0 Å². The molecule has 0 saturated carbocycles. The molecule has 0 radical (unpaired) electrons. The fourth-order valence-electron chi connectivity index (χ4n) is 2.91. The summed E-state index contributed by atoms with van der Waals surface area (Å²) in [5.41, 5.74) is 1.56. The van der Waals surface area contributed by atoms with Gasteiger partial charge in [0.2, 0.25) is 0 Å². The predicted octanol–water partition coefficient (Wildman–Crippen LogP) is 3.55. The van der Waals surface area contributed by atoms with Crippen LogP contribution < -0.4 is 15.4 Å². The molecule has 0 aliphatic carbocycles. The van der Waals surface area contributed by atoms with E-state index >= 15 is 0 Å².